The van der Waals surface area contributed by atoms with Gasteiger partial charge in [-0.15, -0.1) is 6.42 Å². The van der Waals surface area contributed by atoms with E-state index in [9.17, 15) is 0 Å². The summed E-state index contributed by atoms with van der Waals surface area (Å²) in [5.74, 6) is 3.25. The van der Waals surface area contributed by atoms with Gasteiger partial charge in [-0.2, -0.15) is 0 Å². The predicted octanol–water partition coefficient (Wildman–Crippen LogP) is 4.06. The van der Waals surface area contributed by atoms with Crippen LogP contribution in [0.25, 0.3) is 0 Å². The largest absolute Gasteiger partial charge is 0.481 e. The van der Waals surface area contributed by atoms with Gasteiger partial charge in [0, 0.05) is 0 Å². The van der Waals surface area contributed by atoms with Crippen LogP contribution in [0.3, 0.4) is 0 Å². The van der Waals surface area contributed by atoms with Crippen molar-refractivity contribution in [3.8, 4) is 18.1 Å². The lowest BCUT2D eigenvalue weighted by Gasteiger charge is -2.01. The maximum Gasteiger partial charge on any atom is 0.148 e. The molecule has 0 amide bonds. The van der Waals surface area contributed by atoms with Gasteiger partial charge in [0.15, 0.2) is 0 Å². The third-order valence-electron chi connectivity index (χ3n) is 1.31. The van der Waals surface area contributed by atoms with Gasteiger partial charge in [0.05, 0.1) is 0 Å². The van der Waals surface area contributed by atoms with Crippen LogP contribution in [0.5, 0.6) is 5.75 Å². The van der Waals surface area contributed by atoms with Crippen LogP contribution in [0.1, 0.15) is 33.3 Å². The van der Waals surface area contributed by atoms with Crippen LogP contribution >= 0.6 is 0 Å². The van der Waals surface area contributed by atoms with E-state index in [1.807, 2.05) is 58.9 Å². The van der Waals surface area contributed by atoms with E-state index in [0.717, 1.165) is 5.75 Å². The Hall–Kier alpha value is -1.42. The van der Waals surface area contributed by atoms with Crippen molar-refractivity contribution in [2.45, 2.75) is 34.6 Å². The predicted molar refractivity (Wildman–Crippen MR) is 68.2 cm³/mol. The van der Waals surface area contributed by atoms with Crippen LogP contribution in [0.4, 0.5) is 0 Å². The molecule has 0 aromatic heterocycles. The Kier molecular flexibility index (Phi) is 13.4. The van der Waals surface area contributed by atoms with Crippen LogP contribution in [-0.2, 0) is 0 Å². The zero-order chi connectivity index (χ0) is 12.1. The Morgan fingerprint density at radius 1 is 1.20 bits per heavy atom. The molecule has 1 nitrogen and oxygen atoms in total. The monoisotopic (exact) mass is 206 g/mol. The molecule has 0 aliphatic rings. The van der Waals surface area contributed by atoms with Crippen LogP contribution in [-0.4, -0.2) is 6.61 Å². The van der Waals surface area contributed by atoms with Gasteiger partial charge in [-0.3, -0.25) is 0 Å². The molecule has 0 heterocycles. The SMILES string of the molecule is C#CCOc1cccc(C)c1.CC.CC. The molecule has 0 saturated heterocycles. The van der Waals surface area contributed by atoms with Gasteiger partial charge in [0.2, 0.25) is 0 Å². The van der Waals surface area contributed by atoms with E-state index >= 15 is 0 Å². The van der Waals surface area contributed by atoms with Crippen molar-refractivity contribution >= 4 is 0 Å². The number of rotatable bonds is 2. The molecule has 0 bridgehead atoms. The van der Waals surface area contributed by atoms with E-state index in [1.54, 1.807) is 0 Å². The number of benzene rings is 1. The molecule has 0 unspecified atom stereocenters. The summed E-state index contributed by atoms with van der Waals surface area (Å²) in [5.41, 5.74) is 1.18. The Labute approximate surface area is 94.5 Å². The minimum Gasteiger partial charge on any atom is -0.481 e. The number of aryl methyl sites for hydroxylation is 1. The molecular weight excluding hydrogens is 184 g/mol. The van der Waals surface area contributed by atoms with Crippen molar-refractivity contribution in [2.75, 3.05) is 6.61 Å². The molecule has 0 saturated carbocycles. The summed E-state index contributed by atoms with van der Waals surface area (Å²) in [6.07, 6.45) is 5.04. The zero-order valence-corrected chi connectivity index (χ0v) is 10.5. The Bertz CT molecular complexity index is 271. The average molecular weight is 206 g/mol. The second-order valence-corrected chi connectivity index (χ2v) is 2.31. The van der Waals surface area contributed by atoms with Crippen LogP contribution < -0.4 is 4.74 Å². The first-order valence-electron chi connectivity index (χ1n) is 5.46. The van der Waals surface area contributed by atoms with Gasteiger partial charge in [-0.25, -0.2) is 0 Å². The zero-order valence-electron chi connectivity index (χ0n) is 10.5. The second-order valence-electron chi connectivity index (χ2n) is 2.31. The van der Waals surface area contributed by atoms with Gasteiger partial charge >= 0.3 is 0 Å². The molecule has 0 atom stereocenters. The standard InChI is InChI=1S/C10H10O.2C2H6/c1-3-7-11-10-6-4-5-9(2)8-10;2*1-2/h1,4-6,8H,7H2,2H3;2*1-2H3. The number of hydrogen-bond acceptors (Lipinski definition) is 1. The first-order chi connectivity index (χ1) is 7.33. The summed E-state index contributed by atoms with van der Waals surface area (Å²) in [7, 11) is 0. The quantitative estimate of drug-likeness (QED) is 0.663. The van der Waals surface area contributed by atoms with E-state index in [4.69, 9.17) is 11.2 Å². The Morgan fingerprint density at radius 3 is 2.27 bits per heavy atom. The summed E-state index contributed by atoms with van der Waals surface area (Å²) in [6.45, 7) is 10.4. The highest BCUT2D eigenvalue weighted by molar-refractivity contribution is 5.27. The fraction of sp³-hybridized carbons (Fsp3) is 0.429. The smallest absolute Gasteiger partial charge is 0.148 e. The molecule has 1 rings (SSSR count). The molecule has 0 aliphatic carbocycles. The normalized spacial score (nSPS) is 7.20. The molecular formula is C14H22O. The molecule has 1 heteroatoms. The van der Waals surface area contributed by atoms with E-state index in [-0.39, 0.29) is 0 Å². The van der Waals surface area contributed by atoms with Crippen molar-refractivity contribution in [3.63, 3.8) is 0 Å². The van der Waals surface area contributed by atoms with E-state index < -0.39 is 0 Å². The maximum absolute atomic E-state index is 5.20. The topological polar surface area (TPSA) is 9.23 Å². The van der Waals surface area contributed by atoms with Crippen molar-refractivity contribution < 1.29 is 4.74 Å². The van der Waals surface area contributed by atoms with Gasteiger partial charge in [-0.05, 0) is 24.6 Å². The average Bonchev–Trinajstić information content (AvgIpc) is 2.32. The minimum atomic E-state index is 0.337. The molecule has 1 aromatic carbocycles. The molecule has 0 N–H and O–H groups in total. The van der Waals surface area contributed by atoms with Crippen molar-refractivity contribution in [1.82, 2.24) is 0 Å². The van der Waals surface area contributed by atoms with Crippen molar-refractivity contribution in [1.29, 1.82) is 0 Å². The molecule has 0 fully saturated rings. The second kappa shape index (κ2) is 12.6. The van der Waals surface area contributed by atoms with E-state index in [0.29, 0.717) is 6.61 Å². The van der Waals surface area contributed by atoms with E-state index in [1.165, 1.54) is 5.56 Å². The van der Waals surface area contributed by atoms with Crippen molar-refractivity contribution in [2.24, 2.45) is 0 Å². The van der Waals surface area contributed by atoms with Crippen molar-refractivity contribution in [3.05, 3.63) is 29.8 Å². The molecule has 0 aliphatic heterocycles. The Morgan fingerprint density at radius 2 is 1.80 bits per heavy atom. The summed E-state index contributed by atoms with van der Waals surface area (Å²) < 4.78 is 5.20. The summed E-state index contributed by atoms with van der Waals surface area (Å²) in [5, 5.41) is 0. The fourth-order valence-electron chi connectivity index (χ4n) is 0.830. The summed E-state index contributed by atoms with van der Waals surface area (Å²) in [6, 6.07) is 7.81. The maximum atomic E-state index is 5.20. The molecule has 84 valence electrons. The number of ether oxygens (including phenoxy) is 1. The third-order valence-corrected chi connectivity index (χ3v) is 1.31. The lowest BCUT2D eigenvalue weighted by molar-refractivity contribution is 0.370. The van der Waals surface area contributed by atoms with Gasteiger partial charge in [-0.1, -0.05) is 45.7 Å². The minimum absolute atomic E-state index is 0.337. The Balaban J connectivity index is 0. The lowest BCUT2D eigenvalue weighted by atomic mass is 10.2. The molecule has 0 radical (unpaired) electrons. The van der Waals surface area contributed by atoms with Gasteiger partial charge < -0.3 is 4.74 Å². The van der Waals surface area contributed by atoms with Crippen LogP contribution in [0.15, 0.2) is 24.3 Å². The van der Waals surface area contributed by atoms with Gasteiger partial charge in [0.25, 0.3) is 0 Å². The van der Waals surface area contributed by atoms with Crippen LogP contribution in [0.2, 0.25) is 0 Å². The fourth-order valence-corrected chi connectivity index (χ4v) is 0.830. The molecule has 15 heavy (non-hydrogen) atoms. The summed E-state index contributed by atoms with van der Waals surface area (Å²) in [4.78, 5) is 0. The van der Waals surface area contributed by atoms with Gasteiger partial charge in [0.1, 0.15) is 12.4 Å². The number of terminal acetylenes is 1. The molecule has 1 aromatic rings. The van der Waals surface area contributed by atoms with Crippen LogP contribution in [0, 0.1) is 19.3 Å². The highest BCUT2D eigenvalue weighted by Crippen LogP contribution is 2.11. The third kappa shape index (κ3) is 8.90. The lowest BCUT2D eigenvalue weighted by Crippen LogP contribution is -1.92. The first-order valence-corrected chi connectivity index (χ1v) is 5.46. The van der Waals surface area contributed by atoms with E-state index in [2.05, 4.69) is 5.92 Å². The summed E-state index contributed by atoms with van der Waals surface area (Å²) >= 11 is 0. The highest BCUT2D eigenvalue weighted by atomic mass is 16.5. The number of hydrogen-bond donors (Lipinski definition) is 0. The molecule has 0 spiro atoms. The first kappa shape index (κ1) is 16.0. The highest BCUT2D eigenvalue weighted by Gasteiger charge is 1.89.